The van der Waals surface area contributed by atoms with E-state index < -0.39 is 5.82 Å². The molecule has 0 saturated carbocycles. The molecular formula is C11H10FN3OS2. The van der Waals surface area contributed by atoms with Crippen LogP contribution in [0.3, 0.4) is 0 Å². The Morgan fingerprint density at radius 2 is 2.17 bits per heavy atom. The average molecular weight is 283 g/mol. The molecule has 0 amide bonds. The lowest BCUT2D eigenvalue weighted by Gasteiger charge is -2.04. The van der Waals surface area contributed by atoms with Crippen molar-refractivity contribution in [3.05, 3.63) is 29.6 Å². The Bertz CT molecular complexity index is 571. The second kappa shape index (κ2) is 5.45. The normalized spacial score (nSPS) is 10.4. The number of aromatic nitrogens is 2. The zero-order chi connectivity index (χ0) is 13.1. The molecule has 0 N–H and O–H groups in total. The lowest BCUT2D eigenvalue weighted by molar-refractivity contribution is 0.111. The van der Waals surface area contributed by atoms with Crippen LogP contribution in [-0.4, -0.2) is 30.6 Å². The molecule has 4 nitrogen and oxygen atoms in total. The zero-order valence-electron chi connectivity index (χ0n) is 9.75. The van der Waals surface area contributed by atoms with E-state index in [1.54, 1.807) is 12.1 Å². The summed E-state index contributed by atoms with van der Waals surface area (Å²) in [4.78, 5) is 13.2. The van der Waals surface area contributed by atoms with Crippen LogP contribution in [0, 0.1) is 5.82 Å². The van der Waals surface area contributed by atoms with Crippen molar-refractivity contribution in [2.75, 3.05) is 19.0 Å². The number of halogens is 1. The van der Waals surface area contributed by atoms with Gasteiger partial charge in [-0.25, -0.2) is 4.39 Å². The highest BCUT2D eigenvalue weighted by Crippen LogP contribution is 2.34. The van der Waals surface area contributed by atoms with E-state index in [9.17, 15) is 9.18 Å². The minimum absolute atomic E-state index is 0.0594. The summed E-state index contributed by atoms with van der Waals surface area (Å²) in [5.74, 6) is -0.521. The van der Waals surface area contributed by atoms with Crippen molar-refractivity contribution in [3.8, 4) is 0 Å². The Kier molecular flexibility index (Phi) is 3.93. The van der Waals surface area contributed by atoms with Gasteiger partial charge in [-0.15, -0.1) is 10.2 Å². The maximum absolute atomic E-state index is 13.4. The van der Waals surface area contributed by atoms with Crippen LogP contribution in [0.5, 0.6) is 0 Å². The fourth-order valence-corrected chi connectivity index (χ4v) is 3.07. The van der Waals surface area contributed by atoms with Crippen LogP contribution in [0.2, 0.25) is 0 Å². The minimum atomic E-state index is -0.521. The largest absolute Gasteiger partial charge is 0.353 e. The molecular weight excluding hydrogens is 273 g/mol. The molecule has 0 spiro atoms. The van der Waals surface area contributed by atoms with E-state index in [-0.39, 0.29) is 5.56 Å². The molecule has 0 aliphatic rings. The lowest BCUT2D eigenvalue weighted by atomic mass is 10.2. The topological polar surface area (TPSA) is 46.1 Å². The Balaban J connectivity index is 2.28. The first-order valence-electron chi connectivity index (χ1n) is 5.04. The Morgan fingerprint density at radius 3 is 2.78 bits per heavy atom. The van der Waals surface area contributed by atoms with Gasteiger partial charge in [0.15, 0.2) is 10.6 Å². The summed E-state index contributed by atoms with van der Waals surface area (Å²) in [5.41, 5.74) is 0.0594. The summed E-state index contributed by atoms with van der Waals surface area (Å²) in [5, 5.41) is 8.74. The maximum Gasteiger partial charge on any atom is 0.208 e. The van der Waals surface area contributed by atoms with Gasteiger partial charge in [-0.3, -0.25) is 4.79 Å². The first kappa shape index (κ1) is 13.0. The van der Waals surface area contributed by atoms with Gasteiger partial charge < -0.3 is 4.90 Å². The molecule has 1 aromatic heterocycles. The molecule has 0 atom stereocenters. The molecule has 7 heteroatoms. The summed E-state index contributed by atoms with van der Waals surface area (Å²) in [7, 11) is 3.74. The number of anilines is 1. The monoisotopic (exact) mass is 283 g/mol. The molecule has 94 valence electrons. The van der Waals surface area contributed by atoms with Crippen molar-refractivity contribution >= 4 is 34.5 Å². The summed E-state index contributed by atoms with van der Waals surface area (Å²) in [6.07, 6.45) is 0.519. The van der Waals surface area contributed by atoms with Gasteiger partial charge in [0.05, 0.1) is 5.56 Å². The fraction of sp³-hybridized carbons (Fsp3) is 0.182. The molecule has 18 heavy (non-hydrogen) atoms. The van der Waals surface area contributed by atoms with Crippen LogP contribution in [0.4, 0.5) is 9.52 Å². The number of hydrogen-bond donors (Lipinski definition) is 0. The lowest BCUT2D eigenvalue weighted by Crippen LogP contribution is -2.07. The fourth-order valence-electron chi connectivity index (χ4n) is 1.24. The van der Waals surface area contributed by atoms with Crippen LogP contribution >= 0.6 is 23.1 Å². The molecule has 1 heterocycles. The number of hydrogen-bond acceptors (Lipinski definition) is 6. The molecule has 2 rings (SSSR count). The number of rotatable bonds is 4. The third kappa shape index (κ3) is 2.68. The summed E-state index contributed by atoms with van der Waals surface area (Å²) in [6, 6.07) is 4.52. The van der Waals surface area contributed by atoms with Crippen molar-refractivity contribution < 1.29 is 9.18 Å². The molecule has 2 aromatic rings. The van der Waals surface area contributed by atoms with Crippen LogP contribution in [0.25, 0.3) is 0 Å². The second-order valence-electron chi connectivity index (χ2n) is 3.62. The number of carbonyl (C=O) groups excluding carboxylic acids is 1. The highest BCUT2D eigenvalue weighted by molar-refractivity contribution is 8.01. The van der Waals surface area contributed by atoms with E-state index >= 15 is 0 Å². The van der Waals surface area contributed by atoms with E-state index in [0.29, 0.717) is 15.5 Å². The first-order chi connectivity index (χ1) is 8.61. The standard InChI is InChI=1S/C11H10FN3OS2/c1-15(2)10-13-14-11(18-10)17-9-5-3-4-8(12)7(9)6-16/h3-6H,1-2H3. The van der Waals surface area contributed by atoms with Gasteiger partial charge in [-0.2, -0.15) is 0 Å². The molecule has 0 aliphatic heterocycles. The van der Waals surface area contributed by atoms with E-state index in [1.165, 1.54) is 29.2 Å². The summed E-state index contributed by atoms with van der Waals surface area (Å²) >= 11 is 2.63. The van der Waals surface area contributed by atoms with Crippen LogP contribution in [-0.2, 0) is 0 Å². The van der Waals surface area contributed by atoms with Crippen molar-refractivity contribution in [2.24, 2.45) is 0 Å². The quantitative estimate of drug-likeness (QED) is 0.807. The van der Waals surface area contributed by atoms with E-state index in [2.05, 4.69) is 10.2 Å². The average Bonchev–Trinajstić information content (AvgIpc) is 2.78. The third-order valence-corrected chi connectivity index (χ3v) is 4.32. The second-order valence-corrected chi connectivity index (χ2v) is 5.86. The predicted octanol–water partition coefficient (Wildman–Crippen LogP) is 2.71. The number of aldehydes is 1. The molecule has 0 saturated heterocycles. The Hall–Kier alpha value is -1.47. The van der Waals surface area contributed by atoms with Gasteiger partial charge in [-0.1, -0.05) is 29.2 Å². The van der Waals surface area contributed by atoms with Crippen molar-refractivity contribution in [1.29, 1.82) is 0 Å². The van der Waals surface area contributed by atoms with E-state index in [1.807, 2.05) is 19.0 Å². The molecule has 0 fully saturated rings. The first-order valence-corrected chi connectivity index (χ1v) is 6.67. The Labute approximate surface area is 112 Å². The van der Waals surface area contributed by atoms with E-state index in [0.717, 1.165) is 5.13 Å². The predicted molar refractivity (Wildman–Crippen MR) is 70.1 cm³/mol. The maximum atomic E-state index is 13.4. The SMILES string of the molecule is CN(C)c1nnc(Sc2cccc(F)c2C=O)s1. The van der Waals surface area contributed by atoms with Crippen molar-refractivity contribution in [2.45, 2.75) is 9.24 Å². The summed E-state index contributed by atoms with van der Waals surface area (Å²) < 4.78 is 14.1. The number of nitrogens with zero attached hydrogens (tertiary/aromatic N) is 3. The van der Waals surface area contributed by atoms with Gasteiger partial charge in [0, 0.05) is 19.0 Å². The minimum Gasteiger partial charge on any atom is -0.353 e. The van der Waals surface area contributed by atoms with Crippen molar-refractivity contribution in [1.82, 2.24) is 10.2 Å². The van der Waals surface area contributed by atoms with Gasteiger partial charge >= 0.3 is 0 Å². The van der Waals surface area contributed by atoms with Crippen LogP contribution in [0.1, 0.15) is 10.4 Å². The zero-order valence-corrected chi connectivity index (χ0v) is 11.4. The van der Waals surface area contributed by atoms with Gasteiger partial charge in [0.2, 0.25) is 5.13 Å². The molecule has 0 bridgehead atoms. The smallest absolute Gasteiger partial charge is 0.208 e. The van der Waals surface area contributed by atoms with Gasteiger partial charge in [0.1, 0.15) is 5.82 Å². The van der Waals surface area contributed by atoms with Crippen LogP contribution in [0.15, 0.2) is 27.4 Å². The van der Waals surface area contributed by atoms with Gasteiger partial charge in [0.25, 0.3) is 0 Å². The van der Waals surface area contributed by atoms with Gasteiger partial charge in [-0.05, 0) is 12.1 Å². The molecule has 1 aromatic carbocycles. The summed E-state index contributed by atoms with van der Waals surface area (Å²) in [6.45, 7) is 0. The van der Waals surface area contributed by atoms with E-state index in [4.69, 9.17) is 0 Å². The highest BCUT2D eigenvalue weighted by atomic mass is 32.2. The molecule has 0 radical (unpaired) electrons. The molecule has 0 aliphatic carbocycles. The van der Waals surface area contributed by atoms with Crippen molar-refractivity contribution in [3.63, 3.8) is 0 Å². The third-order valence-electron chi connectivity index (χ3n) is 2.11. The Morgan fingerprint density at radius 1 is 1.39 bits per heavy atom. The number of benzene rings is 1. The highest BCUT2D eigenvalue weighted by Gasteiger charge is 2.12. The van der Waals surface area contributed by atoms with Crippen LogP contribution < -0.4 is 4.90 Å². The number of carbonyl (C=O) groups is 1. The molecule has 0 unspecified atom stereocenters.